The Morgan fingerprint density at radius 3 is 2.43 bits per heavy atom. The number of carboxylic acids is 1. The van der Waals surface area contributed by atoms with E-state index in [0.29, 0.717) is 12.5 Å². The number of carboxylic acid groups (broad SMARTS) is 1. The summed E-state index contributed by atoms with van der Waals surface area (Å²) in [7, 11) is 1.87. The zero-order valence-electron chi connectivity index (χ0n) is 16.4. The van der Waals surface area contributed by atoms with Gasteiger partial charge in [0.25, 0.3) is 0 Å². The molecule has 2 aromatic heterocycles. The largest absolute Gasteiger partial charge is 0.490 e. The molecular formula is C18H21F3N6O3. The van der Waals surface area contributed by atoms with Crippen LogP contribution in [0.15, 0.2) is 24.5 Å². The third-order valence-electron chi connectivity index (χ3n) is 5.05. The molecule has 12 heteroatoms. The highest BCUT2D eigenvalue weighted by Gasteiger charge is 2.44. The highest BCUT2D eigenvalue weighted by atomic mass is 19.4. The zero-order chi connectivity index (χ0) is 22.1. The summed E-state index contributed by atoms with van der Waals surface area (Å²) in [6.07, 6.45) is 0.978. The summed E-state index contributed by atoms with van der Waals surface area (Å²) in [6.45, 7) is 2.84. The van der Waals surface area contributed by atoms with Gasteiger partial charge >= 0.3 is 12.1 Å². The van der Waals surface area contributed by atoms with Gasteiger partial charge < -0.3 is 14.9 Å². The number of aromatic nitrogens is 4. The smallest absolute Gasteiger partial charge is 0.475 e. The number of aliphatic carboxylic acids is 1. The van der Waals surface area contributed by atoms with Gasteiger partial charge in [0.15, 0.2) is 5.82 Å². The highest BCUT2D eigenvalue weighted by molar-refractivity contribution is 5.95. The monoisotopic (exact) mass is 426 g/mol. The number of alkyl halides is 3. The standard InChI is InChI=1S/C16H20N6O.C2HF3O2/c1-11-3-5-15(19-18-11)21-8-7-14-13(21)4-6-16(23)22(14)12-9-17-20(2)10-12;3-2(4,5)1(6)7/h3,5,9-10,13-14H,4,6-8H2,1-2H3;(H,6,7)/t13-,14-;/m0./s1. The highest BCUT2D eigenvalue weighted by Crippen LogP contribution is 2.36. The molecule has 4 rings (SSSR count). The van der Waals surface area contributed by atoms with E-state index in [2.05, 4.69) is 20.2 Å². The van der Waals surface area contributed by atoms with Crippen molar-refractivity contribution in [3.8, 4) is 0 Å². The van der Waals surface area contributed by atoms with Crippen LogP contribution in [0.25, 0.3) is 0 Å². The normalized spacial score (nSPS) is 21.2. The fourth-order valence-electron chi connectivity index (χ4n) is 3.76. The van der Waals surface area contributed by atoms with Crippen molar-refractivity contribution in [2.45, 2.75) is 44.4 Å². The third kappa shape index (κ3) is 4.52. The lowest BCUT2D eigenvalue weighted by atomic mass is 9.96. The quantitative estimate of drug-likeness (QED) is 0.782. The molecule has 0 bridgehead atoms. The first-order chi connectivity index (χ1) is 14.1. The number of hydrogen-bond acceptors (Lipinski definition) is 6. The van der Waals surface area contributed by atoms with Crippen LogP contribution in [-0.2, 0) is 16.6 Å². The molecule has 2 aliphatic rings. The number of nitrogens with zero attached hydrogens (tertiary/aromatic N) is 6. The number of amides is 1. The Morgan fingerprint density at radius 1 is 1.20 bits per heavy atom. The van der Waals surface area contributed by atoms with Crippen LogP contribution in [0, 0.1) is 6.92 Å². The van der Waals surface area contributed by atoms with Gasteiger partial charge in [-0.3, -0.25) is 9.48 Å². The number of piperidine rings is 1. The molecule has 9 nitrogen and oxygen atoms in total. The van der Waals surface area contributed by atoms with Crippen molar-refractivity contribution in [2.24, 2.45) is 7.05 Å². The van der Waals surface area contributed by atoms with E-state index < -0.39 is 12.1 Å². The Labute approximate surface area is 170 Å². The summed E-state index contributed by atoms with van der Waals surface area (Å²) in [5.41, 5.74) is 1.81. The first-order valence-corrected chi connectivity index (χ1v) is 9.25. The Kier molecular flexibility index (Phi) is 5.94. The van der Waals surface area contributed by atoms with Gasteiger partial charge in [-0.1, -0.05) is 0 Å². The Balaban J connectivity index is 0.000000318. The van der Waals surface area contributed by atoms with Gasteiger partial charge in [-0.2, -0.15) is 23.4 Å². The average Bonchev–Trinajstić information content (AvgIpc) is 3.28. The molecule has 2 aromatic rings. The molecule has 0 unspecified atom stereocenters. The molecule has 30 heavy (non-hydrogen) atoms. The molecule has 0 radical (unpaired) electrons. The van der Waals surface area contributed by atoms with Crippen LogP contribution in [0.4, 0.5) is 24.7 Å². The van der Waals surface area contributed by atoms with E-state index in [4.69, 9.17) is 9.90 Å². The van der Waals surface area contributed by atoms with E-state index in [1.165, 1.54) is 0 Å². The van der Waals surface area contributed by atoms with Crippen molar-refractivity contribution in [1.29, 1.82) is 0 Å². The predicted molar refractivity (Wildman–Crippen MR) is 99.9 cm³/mol. The SMILES string of the molecule is Cc1ccc(N2CC[C@H]3[C@@H]2CCC(=O)N3c2cnn(C)c2)nn1.O=C(O)C(F)(F)F. The zero-order valence-corrected chi connectivity index (χ0v) is 16.4. The van der Waals surface area contributed by atoms with Crippen LogP contribution < -0.4 is 9.80 Å². The maximum absolute atomic E-state index is 12.5. The first-order valence-electron chi connectivity index (χ1n) is 9.25. The maximum atomic E-state index is 12.5. The fourth-order valence-corrected chi connectivity index (χ4v) is 3.76. The van der Waals surface area contributed by atoms with Crippen LogP contribution in [0.3, 0.4) is 0 Å². The van der Waals surface area contributed by atoms with Gasteiger partial charge in [0.05, 0.1) is 29.7 Å². The van der Waals surface area contributed by atoms with E-state index in [9.17, 15) is 18.0 Å². The van der Waals surface area contributed by atoms with Crippen molar-refractivity contribution in [1.82, 2.24) is 20.0 Å². The van der Waals surface area contributed by atoms with Crippen molar-refractivity contribution >= 4 is 23.4 Å². The van der Waals surface area contributed by atoms with Crippen molar-refractivity contribution in [2.75, 3.05) is 16.3 Å². The summed E-state index contributed by atoms with van der Waals surface area (Å²) < 4.78 is 33.5. The molecule has 0 spiro atoms. The molecule has 0 aromatic carbocycles. The van der Waals surface area contributed by atoms with Crippen LogP contribution >= 0.6 is 0 Å². The predicted octanol–water partition coefficient (Wildman–Crippen LogP) is 1.93. The van der Waals surface area contributed by atoms with Crippen molar-refractivity contribution in [3.05, 3.63) is 30.2 Å². The number of aryl methyl sites for hydroxylation is 2. The number of hydrogen-bond donors (Lipinski definition) is 1. The van der Waals surface area contributed by atoms with Gasteiger partial charge in [-0.25, -0.2) is 4.79 Å². The topological polar surface area (TPSA) is 104 Å². The number of carbonyl (C=O) groups excluding carboxylic acids is 1. The van der Waals surface area contributed by atoms with Gasteiger partial charge in [-0.15, -0.1) is 5.10 Å². The van der Waals surface area contributed by atoms with E-state index in [0.717, 1.165) is 36.6 Å². The molecule has 162 valence electrons. The number of halogens is 3. The van der Waals surface area contributed by atoms with Gasteiger partial charge in [0.2, 0.25) is 5.91 Å². The van der Waals surface area contributed by atoms with E-state index in [-0.39, 0.29) is 11.9 Å². The molecule has 1 N–H and O–H groups in total. The molecule has 2 atom stereocenters. The minimum atomic E-state index is -5.08. The molecule has 0 aliphatic carbocycles. The number of anilines is 2. The van der Waals surface area contributed by atoms with Crippen LogP contribution in [0.2, 0.25) is 0 Å². The second-order valence-electron chi connectivity index (χ2n) is 7.13. The molecule has 2 fully saturated rings. The second-order valence-corrected chi connectivity index (χ2v) is 7.13. The first kappa shape index (κ1) is 21.5. The van der Waals surface area contributed by atoms with Gasteiger partial charge in [0.1, 0.15) is 0 Å². The lowest BCUT2D eigenvalue weighted by molar-refractivity contribution is -0.192. The molecule has 2 saturated heterocycles. The fraction of sp³-hybridized carbons (Fsp3) is 0.500. The van der Waals surface area contributed by atoms with E-state index in [1.807, 2.05) is 37.2 Å². The van der Waals surface area contributed by atoms with Crippen LogP contribution in [0.5, 0.6) is 0 Å². The van der Waals surface area contributed by atoms with Gasteiger partial charge in [-0.05, 0) is 31.9 Å². The summed E-state index contributed by atoms with van der Waals surface area (Å²) >= 11 is 0. The molecule has 2 aliphatic heterocycles. The lowest BCUT2D eigenvalue weighted by Crippen LogP contribution is -2.52. The lowest BCUT2D eigenvalue weighted by Gasteiger charge is -2.39. The summed E-state index contributed by atoms with van der Waals surface area (Å²) in [5, 5.41) is 19.8. The van der Waals surface area contributed by atoms with Crippen LogP contribution in [0.1, 0.15) is 25.0 Å². The van der Waals surface area contributed by atoms with Crippen molar-refractivity contribution in [3.63, 3.8) is 0 Å². The Morgan fingerprint density at radius 2 is 1.90 bits per heavy atom. The average molecular weight is 426 g/mol. The Bertz CT molecular complexity index is 915. The third-order valence-corrected chi connectivity index (χ3v) is 5.05. The number of carbonyl (C=O) groups is 2. The molecule has 4 heterocycles. The van der Waals surface area contributed by atoms with E-state index >= 15 is 0 Å². The number of rotatable bonds is 2. The van der Waals surface area contributed by atoms with Crippen molar-refractivity contribution < 1.29 is 27.9 Å². The second kappa shape index (κ2) is 8.28. The van der Waals surface area contributed by atoms with E-state index in [1.54, 1.807) is 10.9 Å². The molecule has 0 saturated carbocycles. The van der Waals surface area contributed by atoms with Crippen LogP contribution in [-0.4, -0.2) is 61.8 Å². The molecular weight excluding hydrogens is 405 g/mol. The summed E-state index contributed by atoms with van der Waals surface area (Å²) in [6, 6.07) is 4.49. The Hall–Kier alpha value is -3.18. The van der Waals surface area contributed by atoms with Gasteiger partial charge in [0, 0.05) is 26.2 Å². The summed E-state index contributed by atoms with van der Waals surface area (Å²) in [5.74, 6) is -1.66. The molecule has 1 amide bonds. The summed E-state index contributed by atoms with van der Waals surface area (Å²) in [4.78, 5) is 25.6. The maximum Gasteiger partial charge on any atom is 0.490 e. The number of fused-ring (bicyclic) bond motifs is 1. The minimum absolute atomic E-state index is 0.184. The minimum Gasteiger partial charge on any atom is -0.475 e.